The lowest BCUT2D eigenvalue weighted by Gasteiger charge is -2.22. The van der Waals surface area contributed by atoms with Gasteiger partial charge in [0.15, 0.2) is 0 Å². The molecular weight excluding hydrogens is 449 g/mol. The van der Waals surface area contributed by atoms with Crippen LogP contribution < -0.4 is 20.7 Å². The van der Waals surface area contributed by atoms with Crippen LogP contribution in [0, 0.1) is 0 Å². The van der Waals surface area contributed by atoms with Gasteiger partial charge in [0.25, 0.3) is 0 Å². The van der Waals surface area contributed by atoms with Gasteiger partial charge in [0, 0.05) is 13.5 Å². The van der Waals surface area contributed by atoms with Crippen LogP contribution in [0.1, 0.15) is 40.0 Å². The van der Waals surface area contributed by atoms with E-state index in [0.29, 0.717) is 0 Å². The van der Waals surface area contributed by atoms with Crippen molar-refractivity contribution < 1.29 is 45.5 Å². The number of hydrogen-bond acceptors (Lipinski definition) is 7. The molecule has 4 N–H and O–H groups in total. The van der Waals surface area contributed by atoms with Crippen LogP contribution in [0.4, 0.5) is 13.2 Å². The van der Waals surface area contributed by atoms with E-state index in [0.717, 1.165) is 7.11 Å². The molecule has 15 heteroatoms. The maximum absolute atomic E-state index is 12.4. The summed E-state index contributed by atoms with van der Waals surface area (Å²) >= 11 is 0. The smallest absolute Gasteiger partial charge is 0.467 e. The minimum Gasteiger partial charge on any atom is -0.467 e. The van der Waals surface area contributed by atoms with Gasteiger partial charge in [-0.3, -0.25) is 14.4 Å². The summed E-state index contributed by atoms with van der Waals surface area (Å²) in [6.45, 7) is 3.36. The Morgan fingerprint density at radius 1 is 0.935 bits per heavy atom. The number of ether oxygens (including phenoxy) is 1. The molecule has 180 valence electrons. The number of amides is 3. The molecule has 0 aromatic carbocycles. The van der Waals surface area contributed by atoms with Crippen molar-refractivity contribution in [3.8, 4) is 0 Å². The first-order chi connectivity index (χ1) is 14.1. The first kappa shape index (κ1) is 28.6. The zero-order valence-corrected chi connectivity index (χ0v) is 18.3. The summed E-state index contributed by atoms with van der Waals surface area (Å²) in [5, 5.41) is 7.03. The van der Waals surface area contributed by atoms with Crippen molar-refractivity contribution in [3.05, 3.63) is 0 Å². The number of alkyl halides is 3. The van der Waals surface area contributed by atoms with E-state index in [1.165, 1.54) is 25.5 Å². The third-order valence-electron chi connectivity index (χ3n) is 3.88. The lowest BCUT2D eigenvalue weighted by molar-refractivity contribution is -0.144. The molecule has 0 fully saturated rings. The van der Waals surface area contributed by atoms with E-state index in [-0.39, 0.29) is 19.3 Å². The number of nitrogens with one attached hydrogen (secondary N) is 4. The van der Waals surface area contributed by atoms with Crippen LogP contribution in [0.3, 0.4) is 0 Å². The predicted octanol–water partition coefficient (Wildman–Crippen LogP) is -0.717. The molecule has 0 aliphatic heterocycles. The van der Waals surface area contributed by atoms with Crippen molar-refractivity contribution in [1.29, 1.82) is 0 Å². The van der Waals surface area contributed by atoms with Gasteiger partial charge in [-0.25, -0.2) is 17.9 Å². The standard InChI is InChI=1S/C16H27F3N4O7S/c1-9(21-11(3)24)13(25)23-12(14(26)22-10(2)15(27)30-4)7-5-6-8-20-31(28,29)16(17,18)19/h9-10,12,20H,5-8H2,1-4H3,(H,21,24)(H,22,26)(H,23,25)/t9-,10-,12-/m0/s1. The fraction of sp³-hybridized carbons (Fsp3) is 0.750. The number of esters is 1. The number of carbonyl (C=O) groups excluding carboxylic acids is 4. The zero-order chi connectivity index (χ0) is 24.4. The Labute approximate surface area is 177 Å². The number of methoxy groups -OCH3 is 1. The largest absolute Gasteiger partial charge is 0.511 e. The Hall–Kier alpha value is -2.42. The number of halogens is 3. The lowest BCUT2D eigenvalue weighted by Crippen LogP contribution is -2.54. The lowest BCUT2D eigenvalue weighted by atomic mass is 10.1. The highest BCUT2D eigenvalue weighted by molar-refractivity contribution is 7.90. The molecule has 0 saturated carbocycles. The topological polar surface area (TPSA) is 160 Å². The molecule has 0 radical (unpaired) electrons. The van der Waals surface area contributed by atoms with Gasteiger partial charge in [0.05, 0.1) is 7.11 Å². The molecule has 0 spiro atoms. The molecule has 0 rings (SSSR count). The van der Waals surface area contributed by atoms with Gasteiger partial charge in [-0.15, -0.1) is 0 Å². The van der Waals surface area contributed by atoms with Gasteiger partial charge >= 0.3 is 21.5 Å². The summed E-state index contributed by atoms with van der Waals surface area (Å²) < 4.78 is 64.6. The van der Waals surface area contributed by atoms with Gasteiger partial charge in [-0.2, -0.15) is 13.2 Å². The van der Waals surface area contributed by atoms with Crippen LogP contribution in [-0.2, 0) is 33.9 Å². The van der Waals surface area contributed by atoms with Crippen molar-refractivity contribution in [3.63, 3.8) is 0 Å². The summed E-state index contributed by atoms with van der Waals surface area (Å²) in [6, 6.07) is -3.22. The van der Waals surface area contributed by atoms with E-state index in [2.05, 4.69) is 20.7 Å². The Balaban J connectivity index is 4.98. The van der Waals surface area contributed by atoms with Gasteiger partial charge in [-0.05, 0) is 33.1 Å². The quantitative estimate of drug-likeness (QED) is 0.214. The van der Waals surface area contributed by atoms with Gasteiger partial charge in [0.1, 0.15) is 18.1 Å². The molecule has 0 bridgehead atoms. The predicted molar refractivity (Wildman–Crippen MR) is 102 cm³/mol. The van der Waals surface area contributed by atoms with Gasteiger partial charge < -0.3 is 20.7 Å². The van der Waals surface area contributed by atoms with Crippen molar-refractivity contribution in [2.45, 2.75) is 63.7 Å². The molecule has 0 unspecified atom stereocenters. The normalized spacial score (nSPS) is 14.7. The highest BCUT2D eigenvalue weighted by Gasteiger charge is 2.45. The van der Waals surface area contributed by atoms with E-state index < -0.39 is 63.9 Å². The second-order valence-corrected chi connectivity index (χ2v) is 8.33. The van der Waals surface area contributed by atoms with Gasteiger partial charge in [-0.1, -0.05) is 0 Å². The van der Waals surface area contributed by atoms with Crippen molar-refractivity contribution in [2.24, 2.45) is 0 Å². The van der Waals surface area contributed by atoms with E-state index in [1.807, 2.05) is 0 Å². The Bertz CT molecular complexity index is 759. The monoisotopic (exact) mass is 476 g/mol. The van der Waals surface area contributed by atoms with Crippen LogP contribution >= 0.6 is 0 Å². The van der Waals surface area contributed by atoms with E-state index in [4.69, 9.17) is 0 Å². The number of rotatable bonds is 12. The van der Waals surface area contributed by atoms with E-state index >= 15 is 0 Å². The molecule has 0 heterocycles. The summed E-state index contributed by atoms with van der Waals surface area (Å²) in [5.41, 5.74) is -5.44. The van der Waals surface area contributed by atoms with Crippen LogP contribution in [0.2, 0.25) is 0 Å². The molecule has 0 aromatic rings. The number of hydrogen-bond donors (Lipinski definition) is 4. The van der Waals surface area contributed by atoms with E-state index in [1.54, 1.807) is 0 Å². The fourth-order valence-electron chi connectivity index (χ4n) is 2.25. The number of carbonyl (C=O) groups is 4. The average molecular weight is 476 g/mol. The summed E-state index contributed by atoms with van der Waals surface area (Å²) in [6.07, 6.45) is -0.0887. The minimum absolute atomic E-state index is 0.0554. The molecule has 0 aliphatic carbocycles. The Morgan fingerprint density at radius 2 is 1.52 bits per heavy atom. The molecule has 0 saturated heterocycles. The number of unbranched alkanes of at least 4 members (excludes halogenated alkanes) is 1. The SMILES string of the molecule is COC(=O)[C@H](C)NC(=O)[C@H](CCCCNS(=O)(=O)C(F)(F)F)NC(=O)[C@H](C)NC(C)=O. The maximum atomic E-state index is 12.4. The molecule has 3 atom stereocenters. The molecule has 11 nitrogen and oxygen atoms in total. The van der Waals surface area contributed by atoms with Crippen LogP contribution in [0.25, 0.3) is 0 Å². The molecular formula is C16H27F3N4O7S. The van der Waals surface area contributed by atoms with Crippen molar-refractivity contribution >= 4 is 33.7 Å². The van der Waals surface area contributed by atoms with Crippen molar-refractivity contribution in [1.82, 2.24) is 20.7 Å². The average Bonchev–Trinajstić information content (AvgIpc) is 2.64. The minimum atomic E-state index is -5.48. The third kappa shape index (κ3) is 10.4. The molecule has 0 aromatic heterocycles. The van der Waals surface area contributed by atoms with Gasteiger partial charge in [0.2, 0.25) is 17.7 Å². The Morgan fingerprint density at radius 3 is 2.00 bits per heavy atom. The summed E-state index contributed by atoms with van der Waals surface area (Å²) in [5.74, 6) is -2.71. The molecule has 3 amide bonds. The van der Waals surface area contributed by atoms with Crippen LogP contribution in [0.5, 0.6) is 0 Å². The fourth-order valence-corrected chi connectivity index (χ4v) is 2.82. The Kier molecular flexibility index (Phi) is 11.5. The molecule has 31 heavy (non-hydrogen) atoms. The highest BCUT2D eigenvalue weighted by Crippen LogP contribution is 2.21. The van der Waals surface area contributed by atoms with Crippen LogP contribution in [-0.4, -0.2) is 69.4 Å². The zero-order valence-electron chi connectivity index (χ0n) is 17.5. The van der Waals surface area contributed by atoms with Crippen LogP contribution in [0.15, 0.2) is 0 Å². The number of sulfonamides is 1. The molecule has 0 aliphatic rings. The summed E-state index contributed by atoms with van der Waals surface area (Å²) in [7, 11) is -4.36. The third-order valence-corrected chi connectivity index (χ3v) is 5.07. The maximum Gasteiger partial charge on any atom is 0.511 e. The first-order valence-corrected chi connectivity index (χ1v) is 10.6. The highest BCUT2D eigenvalue weighted by atomic mass is 32.2. The van der Waals surface area contributed by atoms with Crippen molar-refractivity contribution in [2.75, 3.05) is 13.7 Å². The summed E-state index contributed by atoms with van der Waals surface area (Å²) in [4.78, 5) is 47.1. The second-order valence-electron chi connectivity index (χ2n) is 6.58. The van der Waals surface area contributed by atoms with E-state index in [9.17, 15) is 40.8 Å². The first-order valence-electron chi connectivity index (χ1n) is 9.14. The second kappa shape index (κ2) is 12.4.